The summed E-state index contributed by atoms with van der Waals surface area (Å²) in [6.45, 7) is 2.57. The Labute approximate surface area is 205 Å². The van der Waals surface area contributed by atoms with Crippen LogP contribution in [-0.2, 0) is 11.4 Å². The Hall–Kier alpha value is -3.47. The zero-order valence-electron chi connectivity index (χ0n) is 17.6. The van der Waals surface area contributed by atoms with Crippen molar-refractivity contribution in [2.45, 2.75) is 13.5 Å². The summed E-state index contributed by atoms with van der Waals surface area (Å²) in [6.07, 6.45) is 1.46. The summed E-state index contributed by atoms with van der Waals surface area (Å²) in [4.78, 5) is 12.5. The number of hydrogen-bond acceptors (Lipinski definition) is 5. The number of halogens is 2. The Bertz CT molecular complexity index is 1200. The van der Waals surface area contributed by atoms with Crippen molar-refractivity contribution in [1.82, 2.24) is 0 Å². The highest BCUT2D eigenvalue weighted by Gasteiger charge is 2.15. The summed E-state index contributed by atoms with van der Waals surface area (Å²) in [5.74, 6) is 0.496. The molecule has 8 heteroatoms. The van der Waals surface area contributed by atoms with Gasteiger partial charge >= 0.3 is 0 Å². The number of aromatic hydroxyl groups is 1. The second kappa shape index (κ2) is 11.4. The van der Waals surface area contributed by atoms with Crippen LogP contribution in [0, 0.1) is 11.3 Å². The number of phenols is 1. The molecule has 0 aromatic heterocycles. The molecule has 0 aliphatic carbocycles. The number of nitriles is 1. The molecule has 0 unspecified atom stereocenters. The van der Waals surface area contributed by atoms with Crippen molar-refractivity contribution in [1.29, 1.82) is 5.26 Å². The fourth-order valence-corrected chi connectivity index (χ4v) is 3.57. The second-order valence-corrected chi connectivity index (χ2v) is 8.14. The molecule has 0 bridgehead atoms. The van der Waals surface area contributed by atoms with Crippen molar-refractivity contribution in [3.8, 4) is 23.3 Å². The van der Waals surface area contributed by atoms with Gasteiger partial charge in [-0.1, -0.05) is 23.7 Å². The highest BCUT2D eigenvalue weighted by Crippen LogP contribution is 2.38. The summed E-state index contributed by atoms with van der Waals surface area (Å²) in [7, 11) is 0. The fraction of sp³-hybridized carbons (Fsp3) is 0.120. The van der Waals surface area contributed by atoms with E-state index in [9.17, 15) is 15.2 Å². The molecule has 0 spiro atoms. The van der Waals surface area contributed by atoms with Crippen LogP contribution < -0.4 is 14.8 Å². The predicted molar refractivity (Wildman–Crippen MR) is 131 cm³/mol. The number of carbonyl (C=O) groups excluding carboxylic acids is 1. The van der Waals surface area contributed by atoms with Gasteiger partial charge in [0.15, 0.2) is 11.5 Å². The van der Waals surface area contributed by atoms with Crippen LogP contribution in [-0.4, -0.2) is 17.6 Å². The first kappa shape index (κ1) is 24.2. The van der Waals surface area contributed by atoms with Gasteiger partial charge in [0, 0.05) is 10.7 Å². The Morgan fingerprint density at radius 1 is 1.15 bits per heavy atom. The quantitative estimate of drug-likeness (QED) is 0.203. The number of benzene rings is 3. The molecule has 0 heterocycles. The molecule has 168 valence electrons. The molecule has 0 atom stereocenters. The van der Waals surface area contributed by atoms with Crippen molar-refractivity contribution < 1.29 is 19.4 Å². The number of nitrogens with one attached hydrogen (secondary N) is 1. The number of rotatable bonds is 8. The van der Waals surface area contributed by atoms with Crippen LogP contribution in [0.2, 0.25) is 5.02 Å². The predicted octanol–water partition coefficient (Wildman–Crippen LogP) is 6.33. The summed E-state index contributed by atoms with van der Waals surface area (Å²) in [6, 6.07) is 18.7. The Morgan fingerprint density at radius 3 is 2.48 bits per heavy atom. The minimum atomic E-state index is -0.569. The Balaban J connectivity index is 1.83. The summed E-state index contributed by atoms with van der Waals surface area (Å²) >= 11 is 9.43. The molecule has 0 radical (unpaired) electrons. The number of amides is 1. The van der Waals surface area contributed by atoms with Gasteiger partial charge < -0.3 is 19.9 Å². The van der Waals surface area contributed by atoms with Gasteiger partial charge in [-0.15, -0.1) is 0 Å². The second-order valence-electron chi connectivity index (χ2n) is 6.85. The third-order valence-corrected chi connectivity index (χ3v) is 5.27. The number of carbonyl (C=O) groups is 1. The number of hydrogen-bond donors (Lipinski definition) is 2. The molecule has 2 N–H and O–H groups in total. The summed E-state index contributed by atoms with van der Waals surface area (Å²) in [5, 5.41) is 22.2. The van der Waals surface area contributed by atoms with E-state index in [1.165, 1.54) is 18.2 Å². The third kappa shape index (κ3) is 6.75. The van der Waals surface area contributed by atoms with Crippen LogP contribution in [0.15, 0.2) is 70.7 Å². The van der Waals surface area contributed by atoms with Crippen LogP contribution in [0.5, 0.6) is 17.2 Å². The van der Waals surface area contributed by atoms with Crippen LogP contribution in [0.4, 0.5) is 5.69 Å². The standard InChI is InChI=1S/C25H20BrClN2O4/c1-2-32-23-13-17(11-18(14-28)25(31)29-20-7-9-21(30)10-8-20)12-22(26)24(23)33-15-16-3-5-19(27)6-4-16/h3-13,30H,2,15H2,1H3,(H,29,31)/b18-11-. The van der Waals surface area contributed by atoms with E-state index >= 15 is 0 Å². The molecule has 3 rings (SSSR count). The van der Waals surface area contributed by atoms with Gasteiger partial charge in [0.1, 0.15) is 24.0 Å². The van der Waals surface area contributed by atoms with Gasteiger partial charge in [-0.25, -0.2) is 0 Å². The maximum atomic E-state index is 12.5. The van der Waals surface area contributed by atoms with Crippen molar-refractivity contribution in [2.75, 3.05) is 11.9 Å². The highest BCUT2D eigenvalue weighted by atomic mass is 79.9. The van der Waals surface area contributed by atoms with Crippen molar-refractivity contribution >= 4 is 45.2 Å². The first-order valence-corrected chi connectivity index (χ1v) is 11.1. The van der Waals surface area contributed by atoms with E-state index < -0.39 is 5.91 Å². The minimum Gasteiger partial charge on any atom is -0.508 e. The molecule has 1 amide bonds. The van der Waals surface area contributed by atoms with E-state index in [1.54, 1.807) is 36.4 Å². The van der Waals surface area contributed by atoms with Crippen LogP contribution in [0.25, 0.3) is 6.08 Å². The normalized spacial score (nSPS) is 10.9. The zero-order chi connectivity index (χ0) is 23.8. The lowest BCUT2D eigenvalue weighted by atomic mass is 10.1. The molecule has 33 heavy (non-hydrogen) atoms. The smallest absolute Gasteiger partial charge is 0.266 e. The van der Waals surface area contributed by atoms with Gasteiger partial charge in [-0.2, -0.15) is 5.26 Å². The van der Waals surface area contributed by atoms with Crippen molar-refractivity contribution in [3.63, 3.8) is 0 Å². The Kier molecular flexibility index (Phi) is 8.36. The first-order valence-electron chi connectivity index (χ1n) is 9.95. The molecule has 0 fully saturated rings. The molecular weight excluding hydrogens is 508 g/mol. The lowest BCUT2D eigenvalue weighted by Gasteiger charge is -2.15. The number of anilines is 1. The maximum Gasteiger partial charge on any atom is 0.266 e. The van der Waals surface area contributed by atoms with Gasteiger partial charge in [-0.05, 0) is 88.6 Å². The maximum absolute atomic E-state index is 12.5. The number of nitrogens with zero attached hydrogens (tertiary/aromatic N) is 1. The molecule has 0 saturated carbocycles. The van der Waals surface area contributed by atoms with E-state index in [-0.39, 0.29) is 11.3 Å². The summed E-state index contributed by atoms with van der Waals surface area (Å²) in [5.41, 5.74) is 1.89. The molecule has 6 nitrogen and oxygen atoms in total. The topological polar surface area (TPSA) is 91.6 Å². The van der Waals surface area contributed by atoms with Gasteiger partial charge in [0.2, 0.25) is 0 Å². The molecule has 3 aromatic carbocycles. The minimum absolute atomic E-state index is 0.0794. The highest BCUT2D eigenvalue weighted by molar-refractivity contribution is 9.10. The molecule has 0 aliphatic heterocycles. The number of ether oxygens (including phenoxy) is 2. The fourth-order valence-electron chi connectivity index (χ4n) is 2.87. The molecule has 3 aromatic rings. The molecular formula is C25H20BrClN2O4. The largest absolute Gasteiger partial charge is 0.508 e. The van der Waals surface area contributed by atoms with Crippen LogP contribution in [0.3, 0.4) is 0 Å². The third-order valence-electron chi connectivity index (χ3n) is 4.43. The molecule has 0 aliphatic rings. The van der Waals surface area contributed by atoms with Crippen LogP contribution >= 0.6 is 27.5 Å². The Morgan fingerprint density at radius 2 is 1.85 bits per heavy atom. The van der Waals surface area contributed by atoms with Gasteiger partial charge in [0.05, 0.1) is 11.1 Å². The van der Waals surface area contributed by atoms with E-state index in [2.05, 4.69) is 21.2 Å². The zero-order valence-corrected chi connectivity index (χ0v) is 20.0. The first-order chi connectivity index (χ1) is 15.9. The summed E-state index contributed by atoms with van der Waals surface area (Å²) < 4.78 is 12.3. The van der Waals surface area contributed by atoms with E-state index in [0.29, 0.717) is 45.5 Å². The van der Waals surface area contributed by atoms with Crippen molar-refractivity contribution in [3.05, 3.63) is 86.9 Å². The van der Waals surface area contributed by atoms with E-state index in [0.717, 1.165) is 5.56 Å². The average Bonchev–Trinajstić information content (AvgIpc) is 2.79. The SMILES string of the molecule is CCOc1cc(/C=C(/C#N)C(=O)Nc2ccc(O)cc2)cc(Br)c1OCc1ccc(Cl)cc1. The lowest BCUT2D eigenvalue weighted by molar-refractivity contribution is -0.112. The van der Waals surface area contributed by atoms with Crippen LogP contribution in [0.1, 0.15) is 18.1 Å². The van der Waals surface area contributed by atoms with Gasteiger partial charge in [0.25, 0.3) is 5.91 Å². The van der Waals surface area contributed by atoms with E-state index in [1.807, 2.05) is 25.1 Å². The lowest BCUT2D eigenvalue weighted by Crippen LogP contribution is -2.13. The van der Waals surface area contributed by atoms with Gasteiger partial charge in [-0.3, -0.25) is 4.79 Å². The molecule has 0 saturated heterocycles. The number of phenolic OH excluding ortho intramolecular Hbond substituents is 1. The van der Waals surface area contributed by atoms with Crippen molar-refractivity contribution in [2.24, 2.45) is 0 Å². The average molecular weight is 528 g/mol. The monoisotopic (exact) mass is 526 g/mol. The van der Waals surface area contributed by atoms with E-state index in [4.69, 9.17) is 21.1 Å².